The molecule has 23 heavy (non-hydrogen) atoms. The molecule has 4 unspecified atom stereocenters. The van der Waals surface area contributed by atoms with Gasteiger partial charge in [0.15, 0.2) is 5.96 Å². The molecule has 5 heteroatoms. The molecule has 130 valence electrons. The third kappa shape index (κ3) is 2.58. The first-order valence-corrected chi connectivity index (χ1v) is 10.5. The summed E-state index contributed by atoms with van der Waals surface area (Å²) in [6.45, 7) is 5.54. The molecule has 4 nitrogen and oxygen atoms in total. The molecule has 4 atom stereocenters. The van der Waals surface area contributed by atoms with Crippen LogP contribution in [-0.2, 0) is 4.74 Å². The molecule has 4 fully saturated rings. The summed E-state index contributed by atoms with van der Waals surface area (Å²) < 4.78 is 6.12. The molecule has 1 spiro atoms. The van der Waals surface area contributed by atoms with E-state index in [9.17, 15) is 0 Å². The Morgan fingerprint density at radius 3 is 2.96 bits per heavy atom. The average molecular weight is 338 g/mol. The van der Waals surface area contributed by atoms with Gasteiger partial charge in [-0.1, -0.05) is 19.8 Å². The molecule has 2 saturated heterocycles. The standard InChI is InChI=1S/C18H31N3OS/c1-3-13-12-21(9-11-23-13)17(19-2)20-15-14-6-10-22-16(14)18(15)7-4-5-8-18/h13-16H,3-12H2,1-2H3,(H,19,20). The number of aliphatic imine (C=N–C) groups is 1. The summed E-state index contributed by atoms with van der Waals surface area (Å²) >= 11 is 2.12. The highest BCUT2D eigenvalue weighted by Crippen LogP contribution is 2.60. The number of hydrogen-bond donors (Lipinski definition) is 1. The van der Waals surface area contributed by atoms with Crippen molar-refractivity contribution in [3.8, 4) is 0 Å². The topological polar surface area (TPSA) is 36.9 Å². The van der Waals surface area contributed by atoms with Crippen LogP contribution in [0.1, 0.15) is 45.4 Å². The number of hydrogen-bond acceptors (Lipinski definition) is 3. The Morgan fingerprint density at radius 2 is 2.22 bits per heavy atom. The van der Waals surface area contributed by atoms with Crippen LogP contribution in [0.4, 0.5) is 0 Å². The molecule has 0 aromatic carbocycles. The summed E-state index contributed by atoms with van der Waals surface area (Å²) in [7, 11) is 1.95. The zero-order valence-corrected chi connectivity index (χ0v) is 15.4. The van der Waals surface area contributed by atoms with E-state index in [2.05, 4.69) is 33.9 Å². The summed E-state index contributed by atoms with van der Waals surface area (Å²) in [6.07, 6.45) is 8.45. The molecule has 4 rings (SSSR count). The van der Waals surface area contributed by atoms with Gasteiger partial charge in [0.05, 0.1) is 6.10 Å². The summed E-state index contributed by atoms with van der Waals surface area (Å²) in [5.41, 5.74) is 0.409. The van der Waals surface area contributed by atoms with Crippen LogP contribution < -0.4 is 5.32 Å². The predicted octanol–water partition coefficient (Wildman–Crippen LogP) is 2.74. The van der Waals surface area contributed by atoms with Crippen LogP contribution in [0.25, 0.3) is 0 Å². The zero-order valence-electron chi connectivity index (χ0n) is 14.6. The van der Waals surface area contributed by atoms with Crippen molar-refractivity contribution in [2.75, 3.05) is 32.5 Å². The summed E-state index contributed by atoms with van der Waals surface area (Å²) in [4.78, 5) is 7.15. The molecule has 4 aliphatic rings. The second kappa shape index (κ2) is 6.47. The van der Waals surface area contributed by atoms with Gasteiger partial charge in [-0.25, -0.2) is 0 Å². The van der Waals surface area contributed by atoms with Crippen molar-refractivity contribution in [2.45, 2.75) is 62.8 Å². The molecule has 1 N–H and O–H groups in total. The fraction of sp³-hybridized carbons (Fsp3) is 0.944. The van der Waals surface area contributed by atoms with Gasteiger partial charge in [-0.3, -0.25) is 4.99 Å². The Bertz CT molecular complexity index is 463. The van der Waals surface area contributed by atoms with E-state index in [1.807, 2.05) is 7.05 Å². The van der Waals surface area contributed by atoms with Gasteiger partial charge in [0.2, 0.25) is 0 Å². The smallest absolute Gasteiger partial charge is 0.193 e. The molecule has 0 aromatic heterocycles. The summed E-state index contributed by atoms with van der Waals surface area (Å²) in [6, 6.07) is 0.589. The molecule has 0 radical (unpaired) electrons. The lowest BCUT2D eigenvalue weighted by molar-refractivity contribution is -0.125. The molecule has 0 amide bonds. The molecule has 2 aliphatic heterocycles. The normalized spacial score (nSPS) is 39.4. The Labute approximate surface area is 144 Å². The van der Waals surface area contributed by atoms with E-state index in [-0.39, 0.29) is 0 Å². The average Bonchev–Trinajstić information content (AvgIpc) is 3.24. The monoisotopic (exact) mass is 337 g/mol. The van der Waals surface area contributed by atoms with E-state index < -0.39 is 0 Å². The largest absolute Gasteiger partial charge is 0.377 e. The van der Waals surface area contributed by atoms with Gasteiger partial charge in [0.25, 0.3) is 0 Å². The Hall–Kier alpha value is -0.420. The minimum absolute atomic E-state index is 0.409. The number of nitrogens with one attached hydrogen (secondary N) is 1. The van der Waals surface area contributed by atoms with E-state index in [0.29, 0.717) is 23.5 Å². The van der Waals surface area contributed by atoms with E-state index in [1.165, 1.54) is 44.3 Å². The predicted molar refractivity (Wildman–Crippen MR) is 97.1 cm³/mol. The van der Waals surface area contributed by atoms with Gasteiger partial charge in [0.1, 0.15) is 0 Å². The molecular weight excluding hydrogens is 306 g/mol. The van der Waals surface area contributed by atoms with Crippen LogP contribution in [0, 0.1) is 11.3 Å². The number of thioether (sulfide) groups is 1. The van der Waals surface area contributed by atoms with Crippen LogP contribution in [0.3, 0.4) is 0 Å². The van der Waals surface area contributed by atoms with Crippen molar-refractivity contribution < 1.29 is 4.74 Å². The summed E-state index contributed by atoms with van der Waals surface area (Å²) in [5.74, 6) is 3.08. The van der Waals surface area contributed by atoms with Crippen LogP contribution in [0.5, 0.6) is 0 Å². The van der Waals surface area contributed by atoms with Crippen molar-refractivity contribution in [3.05, 3.63) is 0 Å². The molecule has 0 bridgehead atoms. The molecular formula is C18H31N3OS. The van der Waals surface area contributed by atoms with Crippen molar-refractivity contribution in [1.82, 2.24) is 10.2 Å². The maximum absolute atomic E-state index is 6.12. The third-order valence-corrected chi connectivity index (χ3v) is 8.05. The van der Waals surface area contributed by atoms with Gasteiger partial charge < -0.3 is 15.0 Å². The first-order chi connectivity index (χ1) is 11.3. The van der Waals surface area contributed by atoms with E-state index in [1.54, 1.807) is 0 Å². The van der Waals surface area contributed by atoms with Crippen molar-refractivity contribution in [3.63, 3.8) is 0 Å². The highest BCUT2D eigenvalue weighted by Gasteiger charge is 2.65. The minimum atomic E-state index is 0.409. The second-order valence-corrected chi connectivity index (χ2v) is 9.11. The van der Waals surface area contributed by atoms with Crippen LogP contribution in [-0.4, -0.2) is 60.8 Å². The first-order valence-electron chi connectivity index (χ1n) is 9.50. The number of fused-ring (bicyclic) bond motifs is 2. The van der Waals surface area contributed by atoms with Gasteiger partial charge in [-0.05, 0) is 25.7 Å². The molecule has 0 aromatic rings. The number of guanidine groups is 1. The molecule has 2 heterocycles. The van der Waals surface area contributed by atoms with E-state index >= 15 is 0 Å². The van der Waals surface area contributed by atoms with Gasteiger partial charge in [-0.15, -0.1) is 0 Å². The van der Waals surface area contributed by atoms with Crippen LogP contribution in [0.15, 0.2) is 4.99 Å². The fourth-order valence-electron chi connectivity index (χ4n) is 5.50. The van der Waals surface area contributed by atoms with Crippen molar-refractivity contribution in [2.24, 2.45) is 16.3 Å². The quantitative estimate of drug-likeness (QED) is 0.621. The Kier molecular flexibility index (Phi) is 4.52. The lowest BCUT2D eigenvalue weighted by Crippen LogP contribution is -2.69. The van der Waals surface area contributed by atoms with Gasteiger partial charge >= 0.3 is 0 Å². The maximum Gasteiger partial charge on any atom is 0.193 e. The van der Waals surface area contributed by atoms with E-state index in [0.717, 1.165) is 30.9 Å². The lowest BCUT2D eigenvalue weighted by Gasteiger charge is -2.57. The number of ether oxygens (including phenoxy) is 1. The summed E-state index contributed by atoms with van der Waals surface area (Å²) in [5, 5.41) is 4.66. The lowest BCUT2D eigenvalue weighted by atomic mass is 9.54. The molecule has 2 aliphatic carbocycles. The second-order valence-electron chi connectivity index (χ2n) is 7.70. The van der Waals surface area contributed by atoms with Crippen molar-refractivity contribution >= 4 is 17.7 Å². The molecule has 2 saturated carbocycles. The zero-order chi connectivity index (χ0) is 15.9. The Morgan fingerprint density at radius 1 is 1.39 bits per heavy atom. The number of nitrogens with zero attached hydrogens (tertiary/aromatic N) is 2. The SMILES string of the molecule is CCC1CN(C(=NC)NC2C3CCOC3C23CCCC3)CCS1. The van der Waals surface area contributed by atoms with Gasteiger partial charge in [0, 0.05) is 55.1 Å². The maximum atomic E-state index is 6.12. The Balaban J connectivity index is 1.47. The van der Waals surface area contributed by atoms with Gasteiger partial charge in [-0.2, -0.15) is 11.8 Å². The minimum Gasteiger partial charge on any atom is -0.377 e. The van der Waals surface area contributed by atoms with Crippen LogP contribution in [0.2, 0.25) is 0 Å². The first kappa shape index (κ1) is 16.1. The van der Waals surface area contributed by atoms with Crippen LogP contribution >= 0.6 is 11.8 Å². The highest BCUT2D eigenvalue weighted by atomic mass is 32.2. The third-order valence-electron chi connectivity index (χ3n) is 6.68. The fourth-order valence-corrected chi connectivity index (χ4v) is 6.68. The highest BCUT2D eigenvalue weighted by molar-refractivity contribution is 8.00. The van der Waals surface area contributed by atoms with Crippen molar-refractivity contribution in [1.29, 1.82) is 0 Å². The van der Waals surface area contributed by atoms with E-state index in [4.69, 9.17) is 4.74 Å². The number of rotatable bonds is 2.